The first kappa shape index (κ1) is 26.7. The number of rotatable bonds is 9. The van der Waals surface area contributed by atoms with Gasteiger partial charge in [0.2, 0.25) is 11.8 Å². The van der Waals surface area contributed by atoms with Gasteiger partial charge in [0, 0.05) is 34.5 Å². The van der Waals surface area contributed by atoms with Gasteiger partial charge in [-0.15, -0.1) is 10.2 Å². The van der Waals surface area contributed by atoms with E-state index < -0.39 is 0 Å². The van der Waals surface area contributed by atoms with E-state index in [4.69, 9.17) is 15.9 Å². The van der Waals surface area contributed by atoms with Crippen LogP contribution in [0.5, 0.6) is 11.6 Å². The van der Waals surface area contributed by atoms with E-state index in [1.54, 1.807) is 12.1 Å². The molecule has 4 rings (SSSR count). The fourth-order valence-corrected chi connectivity index (χ4v) is 3.66. The largest absolute Gasteiger partial charge is 0.439 e. The second kappa shape index (κ2) is 11.3. The first-order valence-electron chi connectivity index (χ1n) is 11.9. The van der Waals surface area contributed by atoms with Gasteiger partial charge in [0.1, 0.15) is 17.4 Å². The van der Waals surface area contributed by atoms with Crippen LogP contribution in [0.1, 0.15) is 26.3 Å². The number of aryl methyl sites for hydroxylation is 1. The third kappa shape index (κ3) is 7.10. The van der Waals surface area contributed by atoms with Crippen LogP contribution in [-0.2, 0) is 0 Å². The van der Waals surface area contributed by atoms with E-state index in [-0.39, 0.29) is 5.41 Å². The molecule has 0 saturated carbocycles. The van der Waals surface area contributed by atoms with Crippen molar-refractivity contribution in [3.8, 4) is 23.0 Å². The van der Waals surface area contributed by atoms with Crippen molar-refractivity contribution in [1.82, 2.24) is 25.1 Å². The number of hydrogen-bond acceptors (Lipinski definition) is 10. The maximum atomic E-state index is 8.49. The van der Waals surface area contributed by atoms with Crippen molar-refractivity contribution in [2.24, 2.45) is 5.41 Å². The number of nitrogens with one attached hydrogen (secondary N) is 4. The molecule has 0 aliphatic rings. The number of nitrogens with two attached hydrogens (primary N) is 1. The van der Waals surface area contributed by atoms with E-state index in [9.17, 15) is 0 Å². The van der Waals surface area contributed by atoms with Gasteiger partial charge in [0.25, 0.3) is 0 Å². The summed E-state index contributed by atoms with van der Waals surface area (Å²) in [6.07, 6.45) is 3.64. The van der Waals surface area contributed by atoms with E-state index in [1.165, 1.54) is 11.8 Å². The molecule has 0 fully saturated rings. The zero-order valence-corrected chi connectivity index (χ0v) is 22.8. The van der Waals surface area contributed by atoms with Crippen molar-refractivity contribution in [1.29, 1.82) is 5.41 Å². The highest BCUT2D eigenvalue weighted by Gasteiger charge is 2.17. The van der Waals surface area contributed by atoms with Gasteiger partial charge in [-0.1, -0.05) is 44.7 Å². The van der Waals surface area contributed by atoms with Crippen molar-refractivity contribution < 1.29 is 4.74 Å². The molecule has 0 saturated heterocycles. The van der Waals surface area contributed by atoms with Crippen molar-refractivity contribution in [3.63, 3.8) is 0 Å². The van der Waals surface area contributed by atoms with Crippen LogP contribution in [0.3, 0.4) is 0 Å². The second-order valence-electron chi connectivity index (χ2n) is 9.61. The highest BCUT2D eigenvalue weighted by molar-refractivity contribution is 7.98. The monoisotopic (exact) mass is 529 g/mol. The predicted octanol–water partition coefficient (Wildman–Crippen LogP) is 6.10. The lowest BCUT2D eigenvalue weighted by Crippen LogP contribution is -2.20. The maximum absolute atomic E-state index is 8.49. The van der Waals surface area contributed by atoms with Gasteiger partial charge >= 0.3 is 0 Å². The average Bonchev–Trinajstić information content (AvgIpc) is 3.32. The quantitative estimate of drug-likeness (QED) is 0.0984. The number of ether oxygens (including phenoxy) is 1. The molecule has 6 N–H and O–H groups in total. The number of aromatic amines is 1. The molecule has 0 unspecified atom stereocenters. The molecule has 11 heteroatoms. The molecule has 0 atom stereocenters. The number of allylic oxidation sites excluding steroid dienone is 1. The number of nitrogen functional groups attached to an aromatic ring is 1. The van der Waals surface area contributed by atoms with E-state index in [2.05, 4.69) is 35.8 Å². The lowest BCUT2D eigenvalue weighted by atomic mass is 9.90. The summed E-state index contributed by atoms with van der Waals surface area (Å²) < 4.78 is 5.84. The molecule has 0 aliphatic heterocycles. The van der Waals surface area contributed by atoms with Crippen molar-refractivity contribution in [2.75, 3.05) is 22.6 Å². The van der Waals surface area contributed by atoms with Gasteiger partial charge in [0.05, 0.1) is 0 Å². The van der Waals surface area contributed by atoms with Crippen LogP contribution in [0.2, 0.25) is 0 Å². The Morgan fingerprint density at radius 3 is 2.50 bits per heavy atom. The minimum absolute atomic E-state index is 0.313. The second-order valence-corrected chi connectivity index (χ2v) is 10.4. The lowest BCUT2D eigenvalue weighted by Gasteiger charge is -2.19. The van der Waals surface area contributed by atoms with Crippen LogP contribution in [0, 0.1) is 17.7 Å². The lowest BCUT2D eigenvalue weighted by molar-refractivity contribution is 0.456. The number of benzene rings is 2. The molecule has 0 bridgehead atoms. The molecule has 2 heterocycles. The first-order valence-corrected chi connectivity index (χ1v) is 13.1. The number of aromatic nitrogens is 5. The Morgan fingerprint density at radius 1 is 1.05 bits per heavy atom. The zero-order chi connectivity index (χ0) is 27.3. The summed E-state index contributed by atoms with van der Waals surface area (Å²) in [5, 5.41) is 24.1. The molecule has 38 heavy (non-hydrogen) atoms. The van der Waals surface area contributed by atoms with Crippen molar-refractivity contribution >= 4 is 34.9 Å². The van der Waals surface area contributed by atoms with Crippen LogP contribution >= 0.6 is 11.8 Å². The maximum Gasteiger partial charge on any atom is 0.227 e. The van der Waals surface area contributed by atoms with Crippen LogP contribution < -0.4 is 21.1 Å². The summed E-state index contributed by atoms with van der Waals surface area (Å²) in [4.78, 5) is 11.6. The van der Waals surface area contributed by atoms with Crippen molar-refractivity contribution in [3.05, 3.63) is 72.1 Å². The van der Waals surface area contributed by atoms with Gasteiger partial charge in [-0.2, -0.15) is 4.98 Å². The Balaban J connectivity index is 1.50. The van der Waals surface area contributed by atoms with E-state index >= 15 is 0 Å². The van der Waals surface area contributed by atoms with Crippen LogP contribution in [0.25, 0.3) is 11.4 Å². The van der Waals surface area contributed by atoms with E-state index in [0.717, 1.165) is 16.8 Å². The molecule has 0 amide bonds. The third-order valence-corrected chi connectivity index (χ3v) is 5.92. The van der Waals surface area contributed by atoms with E-state index in [1.807, 2.05) is 82.5 Å². The third-order valence-electron chi connectivity index (χ3n) is 5.37. The molecule has 2 aromatic carbocycles. The Bertz CT molecular complexity index is 1460. The summed E-state index contributed by atoms with van der Waals surface area (Å²) in [7, 11) is 0. The van der Waals surface area contributed by atoms with Gasteiger partial charge in [-0.25, -0.2) is 4.98 Å². The molecular formula is C27H31N9OS. The molecule has 0 spiro atoms. The first-order chi connectivity index (χ1) is 18.1. The summed E-state index contributed by atoms with van der Waals surface area (Å²) in [6, 6.07) is 17.0. The molecular weight excluding hydrogens is 498 g/mol. The van der Waals surface area contributed by atoms with Crippen molar-refractivity contribution in [2.45, 2.75) is 32.9 Å². The molecule has 4 aromatic rings. The van der Waals surface area contributed by atoms with Gasteiger partial charge < -0.3 is 31.5 Å². The van der Waals surface area contributed by atoms with E-state index in [0.29, 0.717) is 45.9 Å². The number of H-pyrrole nitrogens is 1. The summed E-state index contributed by atoms with van der Waals surface area (Å²) in [5.41, 5.74) is 8.83. The summed E-state index contributed by atoms with van der Waals surface area (Å²) in [6.45, 7) is 8.02. The number of hydrogen-bond donors (Lipinski definition) is 5. The van der Waals surface area contributed by atoms with Gasteiger partial charge in [-0.05, 0) is 55.1 Å². The van der Waals surface area contributed by atoms with Crippen LogP contribution in [0.4, 0.5) is 17.5 Å². The summed E-state index contributed by atoms with van der Waals surface area (Å²) >= 11 is 1.39. The highest BCUT2D eigenvalue weighted by atomic mass is 32.2. The molecule has 196 valence electrons. The number of nitrogens with zero attached hydrogens (tertiary/aromatic N) is 4. The molecule has 10 nitrogen and oxygen atoms in total. The fourth-order valence-electron chi connectivity index (χ4n) is 3.28. The molecule has 0 radical (unpaired) electrons. The predicted molar refractivity (Wildman–Crippen MR) is 154 cm³/mol. The smallest absolute Gasteiger partial charge is 0.227 e. The highest BCUT2D eigenvalue weighted by Crippen LogP contribution is 2.26. The average molecular weight is 530 g/mol. The Labute approximate surface area is 226 Å². The van der Waals surface area contributed by atoms with Crippen LogP contribution in [-0.4, -0.2) is 37.1 Å². The Kier molecular flexibility index (Phi) is 7.96. The summed E-state index contributed by atoms with van der Waals surface area (Å²) in [5.74, 6) is 2.95. The fraction of sp³-hybridized carbons (Fsp3) is 0.222. The molecule has 2 aromatic heterocycles. The topological polar surface area (TPSA) is 151 Å². The molecule has 0 aliphatic carbocycles. The van der Waals surface area contributed by atoms with Crippen LogP contribution in [0.15, 0.2) is 71.7 Å². The Hall–Kier alpha value is -4.38. The minimum atomic E-state index is -0.313. The normalized spacial score (nSPS) is 11.8. The number of thioether (sulfide) groups is 1. The van der Waals surface area contributed by atoms with Gasteiger partial charge in [-0.3, -0.25) is 0 Å². The standard InChI is InChI=1S/C27H31N9OS/c1-16-7-6-8-18(13-16)30-22(14-20(28)27(2,3)4)32-25-34-24(35-36-25)17-9-11-19(12-10-17)37-23-15-21(29)31-26(33-23)38-5/h6-15,28,30H,1-5H3,(H2,29,31,33)(H2,32,34,35,36)/b22-14+,28-20?. The number of anilines is 3. The zero-order valence-electron chi connectivity index (χ0n) is 22.0. The van der Waals surface area contributed by atoms with Gasteiger partial charge in [0.15, 0.2) is 11.0 Å². The minimum Gasteiger partial charge on any atom is -0.439 e. The Morgan fingerprint density at radius 2 is 1.82 bits per heavy atom. The SMILES string of the molecule is CSc1nc(N)cc(Oc2ccc(-c3nnc(N/C(=C/C(=N)C(C)(C)C)Nc4cccc(C)c4)[nH]3)cc2)n1.